The summed E-state index contributed by atoms with van der Waals surface area (Å²) >= 11 is 0. The second-order valence-corrected chi connectivity index (χ2v) is 6.51. The van der Waals surface area contributed by atoms with E-state index in [0.29, 0.717) is 5.56 Å². The highest BCUT2D eigenvalue weighted by molar-refractivity contribution is 7.90. The zero-order chi connectivity index (χ0) is 15.6. The minimum atomic E-state index is -3.40. The number of aromatic nitrogens is 1. The van der Waals surface area contributed by atoms with Crippen molar-refractivity contribution in [2.45, 2.75) is 11.9 Å². The van der Waals surface area contributed by atoms with E-state index in [9.17, 15) is 17.6 Å². The molecule has 1 heterocycles. The van der Waals surface area contributed by atoms with E-state index in [-0.39, 0.29) is 16.3 Å². The van der Waals surface area contributed by atoms with Gasteiger partial charge in [0.1, 0.15) is 5.82 Å². The molecule has 0 saturated carbocycles. The Kier molecular flexibility index (Phi) is 4.04. The number of nitrogens with zero attached hydrogens (tertiary/aromatic N) is 1. The molecule has 0 radical (unpaired) electrons. The molecule has 1 amide bonds. The van der Waals surface area contributed by atoms with Crippen molar-refractivity contribution in [3.63, 3.8) is 0 Å². The lowest BCUT2D eigenvalue weighted by atomic mass is 10.1. The van der Waals surface area contributed by atoms with E-state index in [2.05, 4.69) is 10.3 Å². The fourth-order valence-corrected chi connectivity index (χ4v) is 2.25. The molecule has 1 aromatic carbocycles. The van der Waals surface area contributed by atoms with Crippen LogP contribution in [0.2, 0.25) is 0 Å². The lowest BCUT2D eigenvalue weighted by Crippen LogP contribution is -2.14. The van der Waals surface area contributed by atoms with Crippen molar-refractivity contribution >= 4 is 21.4 Å². The van der Waals surface area contributed by atoms with Gasteiger partial charge in [-0.15, -0.1) is 0 Å². The summed E-state index contributed by atoms with van der Waals surface area (Å²) in [7, 11) is -3.40. The average molecular weight is 308 g/mol. The van der Waals surface area contributed by atoms with Gasteiger partial charge >= 0.3 is 0 Å². The number of carbonyl (C=O) groups is 1. The van der Waals surface area contributed by atoms with Gasteiger partial charge in [0, 0.05) is 6.26 Å². The van der Waals surface area contributed by atoms with Gasteiger partial charge in [0.25, 0.3) is 5.91 Å². The van der Waals surface area contributed by atoms with Crippen molar-refractivity contribution in [3.8, 4) is 0 Å². The standard InChI is InChI=1S/C14H13FN2O3S/c1-9-4-3-5-11(13(9)15)14(18)17-10-6-7-12(16-8-10)21(2,19)20/h3-8H,1-2H3,(H,17,18). The molecular weight excluding hydrogens is 295 g/mol. The number of sulfone groups is 1. The van der Waals surface area contributed by atoms with Crippen molar-refractivity contribution in [1.82, 2.24) is 4.98 Å². The fraction of sp³-hybridized carbons (Fsp3) is 0.143. The number of pyridine rings is 1. The third-order valence-corrected chi connectivity index (χ3v) is 3.81. The third kappa shape index (κ3) is 3.43. The van der Waals surface area contributed by atoms with E-state index in [1.54, 1.807) is 19.1 Å². The monoisotopic (exact) mass is 308 g/mol. The van der Waals surface area contributed by atoms with Crippen LogP contribution in [0.25, 0.3) is 0 Å². The second kappa shape index (κ2) is 5.61. The van der Waals surface area contributed by atoms with E-state index >= 15 is 0 Å². The third-order valence-electron chi connectivity index (χ3n) is 2.81. The lowest BCUT2D eigenvalue weighted by molar-refractivity contribution is 0.102. The second-order valence-electron chi connectivity index (χ2n) is 4.55. The zero-order valence-electron chi connectivity index (χ0n) is 11.4. The average Bonchev–Trinajstić information content (AvgIpc) is 2.41. The highest BCUT2D eigenvalue weighted by atomic mass is 32.2. The first-order valence-corrected chi connectivity index (χ1v) is 7.91. The molecular formula is C14H13FN2O3S. The van der Waals surface area contributed by atoms with Gasteiger partial charge in [0.2, 0.25) is 0 Å². The van der Waals surface area contributed by atoms with Gasteiger partial charge in [-0.05, 0) is 30.7 Å². The largest absolute Gasteiger partial charge is 0.320 e. The summed E-state index contributed by atoms with van der Waals surface area (Å²) in [5.74, 6) is -1.21. The Labute approximate surface area is 121 Å². The SMILES string of the molecule is Cc1cccc(C(=O)Nc2ccc(S(C)(=O)=O)nc2)c1F. The number of rotatable bonds is 3. The van der Waals surface area contributed by atoms with Gasteiger partial charge in [-0.25, -0.2) is 17.8 Å². The Morgan fingerprint density at radius 2 is 1.95 bits per heavy atom. The van der Waals surface area contributed by atoms with Crippen LogP contribution >= 0.6 is 0 Å². The summed E-state index contributed by atoms with van der Waals surface area (Å²) in [5, 5.41) is 2.37. The van der Waals surface area contributed by atoms with Crippen LogP contribution in [-0.2, 0) is 9.84 Å². The minimum absolute atomic E-state index is 0.0813. The number of carbonyl (C=O) groups excluding carboxylic acids is 1. The quantitative estimate of drug-likeness (QED) is 0.943. The van der Waals surface area contributed by atoms with Crippen molar-refractivity contribution < 1.29 is 17.6 Å². The summed E-state index contributed by atoms with van der Waals surface area (Å²) in [6.07, 6.45) is 2.25. The summed E-state index contributed by atoms with van der Waals surface area (Å²) < 4.78 is 36.4. The van der Waals surface area contributed by atoms with Crippen LogP contribution in [0.3, 0.4) is 0 Å². The van der Waals surface area contributed by atoms with Gasteiger partial charge in [0.05, 0.1) is 17.4 Å². The molecule has 2 rings (SSSR count). The van der Waals surface area contributed by atoms with Crippen molar-refractivity contribution in [1.29, 1.82) is 0 Å². The smallest absolute Gasteiger partial charge is 0.258 e. The first kappa shape index (κ1) is 15.1. The van der Waals surface area contributed by atoms with Crippen LogP contribution in [0.5, 0.6) is 0 Å². The number of anilines is 1. The van der Waals surface area contributed by atoms with Crippen molar-refractivity contribution in [3.05, 3.63) is 53.5 Å². The molecule has 0 spiro atoms. The van der Waals surface area contributed by atoms with Gasteiger partial charge in [-0.1, -0.05) is 12.1 Å². The Hall–Kier alpha value is -2.28. The normalized spacial score (nSPS) is 11.2. The molecule has 0 saturated heterocycles. The molecule has 2 aromatic rings. The molecule has 0 unspecified atom stereocenters. The molecule has 110 valence electrons. The maximum absolute atomic E-state index is 13.8. The van der Waals surface area contributed by atoms with Crippen LogP contribution in [-0.4, -0.2) is 25.6 Å². The molecule has 0 aliphatic heterocycles. The molecule has 0 bridgehead atoms. The first-order valence-electron chi connectivity index (χ1n) is 6.01. The van der Waals surface area contributed by atoms with Crippen LogP contribution in [0.4, 0.5) is 10.1 Å². The summed E-state index contributed by atoms with van der Waals surface area (Å²) in [6, 6.07) is 7.19. The number of nitrogens with one attached hydrogen (secondary N) is 1. The number of halogens is 1. The van der Waals surface area contributed by atoms with E-state index in [4.69, 9.17) is 0 Å². The minimum Gasteiger partial charge on any atom is -0.320 e. The fourth-order valence-electron chi connectivity index (χ4n) is 1.69. The highest BCUT2D eigenvalue weighted by Crippen LogP contribution is 2.15. The molecule has 5 nitrogen and oxygen atoms in total. The highest BCUT2D eigenvalue weighted by Gasteiger charge is 2.14. The first-order chi connectivity index (χ1) is 9.79. The molecule has 1 N–H and O–H groups in total. The van der Waals surface area contributed by atoms with Gasteiger partial charge in [-0.3, -0.25) is 4.79 Å². The molecule has 0 atom stereocenters. The zero-order valence-corrected chi connectivity index (χ0v) is 12.2. The van der Waals surface area contributed by atoms with E-state index in [0.717, 1.165) is 6.26 Å². The number of benzene rings is 1. The molecule has 21 heavy (non-hydrogen) atoms. The Bertz CT molecular complexity index is 786. The van der Waals surface area contributed by atoms with Crippen molar-refractivity contribution in [2.75, 3.05) is 11.6 Å². The maximum Gasteiger partial charge on any atom is 0.258 e. The molecule has 1 aromatic heterocycles. The van der Waals surface area contributed by atoms with E-state index < -0.39 is 21.6 Å². The predicted octanol–water partition coefficient (Wildman–Crippen LogP) is 2.18. The lowest BCUT2D eigenvalue weighted by Gasteiger charge is -2.07. The van der Waals surface area contributed by atoms with E-state index in [1.807, 2.05) is 0 Å². The number of aryl methyl sites for hydroxylation is 1. The summed E-state index contributed by atoms with van der Waals surface area (Å²) in [5.41, 5.74) is 0.573. The molecule has 0 aliphatic rings. The number of hydrogen-bond acceptors (Lipinski definition) is 4. The Morgan fingerprint density at radius 3 is 2.52 bits per heavy atom. The van der Waals surface area contributed by atoms with Crippen LogP contribution in [0.1, 0.15) is 15.9 Å². The maximum atomic E-state index is 13.8. The topological polar surface area (TPSA) is 76.1 Å². The number of hydrogen-bond donors (Lipinski definition) is 1. The van der Waals surface area contributed by atoms with Gasteiger partial charge in [0.15, 0.2) is 14.9 Å². The Balaban J connectivity index is 2.22. The molecule has 7 heteroatoms. The number of amides is 1. The predicted molar refractivity (Wildman–Crippen MR) is 76.4 cm³/mol. The van der Waals surface area contributed by atoms with Crippen LogP contribution in [0, 0.1) is 12.7 Å². The summed E-state index contributed by atoms with van der Waals surface area (Å²) in [4.78, 5) is 15.7. The van der Waals surface area contributed by atoms with Crippen molar-refractivity contribution in [2.24, 2.45) is 0 Å². The van der Waals surface area contributed by atoms with Gasteiger partial charge in [-0.2, -0.15) is 0 Å². The molecule has 0 aliphatic carbocycles. The summed E-state index contributed by atoms with van der Waals surface area (Å²) in [6.45, 7) is 1.56. The van der Waals surface area contributed by atoms with Gasteiger partial charge < -0.3 is 5.32 Å². The van der Waals surface area contributed by atoms with Crippen LogP contribution in [0.15, 0.2) is 41.6 Å². The van der Waals surface area contributed by atoms with E-state index in [1.165, 1.54) is 24.4 Å². The van der Waals surface area contributed by atoms with Crippen LogP contribution < -0.4 is 5.32 Å². The Morgan fingerprint density at radius 1 is 1.24 bits per heavy atom. The molecule has 0 fully saturated rings.